The Morgan fingerprint density at radius 2 is 1.95 bits per heavy atom. The highest BCUT2D eigenvalue weighted by atomic mass is 35.5. The third-order valence-electron chi connectivity index (χ3n) is 2.97. The molecular weight excluding hydrogens is 286 g/mol. The normalized spacial score (nSPS) is 9.67. The first-order valence-corrected chi connectivity index (χ1v) is 6.76. The summed E-state index contributed by atoms with van der Waals surface area (Å²) in [6, 6.07) is 12.3. The fourth-order valence-electron chi connectivity index (χ4n) is 1.83. The van der Waals surface area contributed by atoms with Crippen molar-refractivity contribution in [1.82, 2.24) is 0 Å². The summed E-state index contributed by atoms with van der Waals surface area (Å²) in [5.41, 5.74) is 2.75. The molecule has 0 aromatic heterocycles. The van der Waals surface area contributed by atoms with Crippen LogP contribution < -0.4 is 5.32 Å². The molecule has 0 heterocycles. The van der Waals surface area contributed by atoms with E-state index in [0.29, 0.717) is 16.3 Å². The number of carbonyl (C=O) groups is 1. The molecule has 0 aliphatic heterocycles. The molecule has 0 saturated heterocycles. The Morgan fingerprint density at radius 1 is 1.24 bits per heavy atom. The van der Waals surface area contributed by atoms with E-state index in [9.17, 15) is 4.79 Å². The summed E-state index contributed by atoms with van der Waals surface area (Å²) < 4.78 is 0. The average molecular weight is 300 g/mol. The summed E-state index contributed by atoms with van der Waals surface area (Å²) in [7, 11) is 0. The highest BCUT2D eigenvalue weighted by molar-refractivity contribution is 6.32. The van der Waals surface area contributed by atoms with Crippen molar-refractivity contribution in [2.24, 2.45) is 0 Å². The van der Waals surface area contributed by atoms with Crippen LogP contribution in [0, 0.1) is 18.8 Å². The van der Waals surface area contributed by atoms with Crippen LogP contribution >= 0.6 is 11.6 Å². The molecule has 2 aromatic carbocycles. The monoisotopic (exact) mass is 299 g/mol. The van der Waals surface area contributed by atoms with Gasteiger partial charge in [-0.25, -0.2) is 0 Å². The van der Waals surface area contributed by atoms with Gasteiger partial charge in [0, 0.05) is 21.8 Å². The highest BCUT2D eigenvalue weighted by Crippen LogP contribution is 2.20. The molecule has 0 aliphatic rings. The summed E-state index contributed by atoms with van der Waals surface area (Å²) >= 11 is 6.01. The Labute approximate surface area is 128 Å². The number of hydrogen-bond acceptors (Lipinski definition) is 2. The maximum atomic E-state index is 12.2. The molecule has 0 saturated carbocycles. The molecule has 0 unspecified atom stereocenters. The Kier molecular flexibility index (Phi) is 4.99. The van der Waals surface area contributed by atoms with Crippen molar-refractivity contribution in [2.45, 2.75) is 6.92 Å². The highest BCUT2D eigenvalue weighted by Gasteiger charge is 2.10. The summed E-state index contributed by atoms with van der Waals surface area (Å²) in [6.45, 7) is 1.64. The van der Waals surface area contributed by atoms with Gasteiger partial charge in [0.05, 0.1) is 0 Å². The minimum Gasteiger partial charge on any atom is -0.384 e. The van der Waals surface area contributed by atoms with Gasteiger partial charge in [0.2, 0.25) is 0 Å². The summed E-state index contributed by atoms with van der Waals surface area (Å²) in [4.78, 5) is 12.2. The van der Waals surface area contributed by atoms with Gasteiger partial charge in [0.1, 0.15) is 6.61 Å². The number of nitrogens with one attached hydrogen (secondary N) is 1. The number of anilines is 1. The molecule has 2 N–H and O–H groups in total. The summed E-state index contributed by atoms with van der Waals surface area (Å²) in [6.07, 6.45) is 0. The van der Waals surface area contributed by atoms with E-state index in [1.165, 1.54) is 0 Å². The van der Waals surface area contributed by atoms with E-state index in [2.05, 4.69) is 17.2 Å². The Hall–Kier alpha value is -2.28. The van der Waals surface area contributed by atoms with Crippen LogP contribution in [0.3, 0.4) is 0 Å². The van der Waals surface area contributed by atoms with Crippen LogP contribution in [0.15, 0.2) is 42.5 Å². The Balaban J connectivity index is 2.14. The molecule has 106 valence electrons. The van der Waals surface area contributed by atoms with Gasteiger partial charge in [-0.15, -0.1) is 0 Å². The molecule has 0 atom stereocenters. The molecule has 0 radical (unpaired) electrons. The van der Waals surface area contributed by atoms with Crippen molar-refractivity contribution in [3.8, 4) is 11.8 Å². The summed E-state index contributed by atoms with van der Waals surface area (Å²) in [5, 5.41) is 12.0. The van der Waals surface area contributed by atoms with Crippen LogP contribution in [-0.4, -0.2) is 17.6 Å². The van der Waals surface area contributed by atoms with Gasteiger partial charge in [0.25, 0.3) is 5.91 Å². The number of hydrogen-bond donors (Lipinski definition) is 2. The zero-order chi connectivity index (χ0) is 15.2. The van der Waals surface area contributed by atoms with Crippen LogP contribution in [0.2, 0.25) is 5.02 Å². The van der Waals surface area contributed by atoms with Crippen LogP contribution in [0.5, 0.6) is 0 Å². The molecule has 0 fully saturated rings. The molecule has 21 heavy (non-hydrogen) atoms. The number of aliphatic hydroxyl groups excluding tert-OH is 1. The van der Waals surface area contributed by atoms with Gasteiger partial charge in [-0.3, -0.25) is 4.79 Å². The number of benzene rings is 2. The third kappa shape index (κ3) is 3.85. The lowest BCUT2D eigenvalue weighted by molar-refractivity contribution is 0.102. The van der Waals surface area contributed by atoms with Gasteiger partial charge in [-0.2, -0.15) is 0 Å². The third-order valence-corrected chi connectivity index (χ3v) is 3.38. The van der Waals surface area contributed by atoms with E-state index in [1.807, 2.05) is 6.92 Å². The first-order chi connectivity index (χ1) is 10.1. The molecule has 3 nitrogen and oxygen atoms in total. The van der Waals surface area contributed by atoms with Crippen molar-refractivity contribution in [1.29, 1.82) is 0 Å². The second-order valence-electron chi connectivity index (χ2n) is 4.40. The van der Waals surface area contributed by atoms with E-state index in [4.69, 9.17) is 16.7 Å². The van der Waals surface area contributed by atoms with Crippen LogP contribution in [0.1, 0.15) is 21.5 Å². The van der Waals surface area contributed by atoms with E-state index in [-0.39, 0.29) is 12.5 Å². The molecule has 0 bridgehead atoms. The van der Waals surface area contributed by atoms with Crippen molar-refractivity contribution >= 4 is 23.2 Å². The summed E-state index contributed by atoms with van der Waals surface area (Å²) in [5.74, 6) is 5.16. The lowest BCUT2D eigenvalue weighted by Gasteiger charge is -2.08. The fraction of sp³-hybridized carbons (Fsp3) is 0.118. The van der Waals surface area contributed by atoms with Gasteiger partial charge in [-0.1, -0.05) is 29.5 Å². The zero-order valence-electron chi connectivity index (χ0n) is 11.5. The molecule has 2 aromatic rings. The Morgan fingerprint density at radius 3 is 2.62 bits per heavy atom. The molecule has 4 heteroatoms. The fourth-order valence-corrected chi connectivity index (χ4v) is 2.00. The number of amides is 1. The van der Waals surface area contributed by atoms with Crippen molar-refractivity contribution in [2.75, 3.05) is 11.9 Å². The quantitative estimate of drug-likeness (QED) is 0.836. The van der Waals surface area contributed by atoms with Crippen LogP contribution in [0.25, 0.3) is 0 Å². The lowest BCUT2D eigenvalue weighted by Crippen LogP contribution is -2.13. The largest absolute Gasteiger partial charge is 0.384 e. The molecule has 1 amide bonds. The number of carbonyl (C=O) groups excluding carboxylic acids is 1. The minimum absolute atomic E-state index is 0.174. The van der Waals surface area contributed by atoms with Crippen molar-refractivity contribution in [3.63, 3.8) is 0 Å². The van der Waals surface area contributed by atoms with Crippen molar-refractivity contribution in [3.05, 3.63) is 64.2 Å². The van der Waals surface area contributed by atoms with E-state index in [0.717, 1.165) is 11.1 Å². The second-order valence-corrected chi connectivity index (χ2v) is 4.81. The second kappa shape index (κ2) is 6.94. The lowest BCUT2D eigenvalue weighted by atomic mass is 10.1. The van der Waals surface area contributed by atoms with Crippen molar-refractivity contribution < 1.29 is 9.90 Å². The molecular formula is C17H14ClNO2. The predicted molar refractivity (Wildman–Crippen MR) is 84.5 cm³/mol. The van der Waals surface area contributed by atoms with E-state index < -0.39 is 0 Å². The molecule has 0 spiro atoms. The number of rotatable bonds is 2. The SMILES string of the molecule is Cc1c(Cl)cccc1C(=O)Nc1ccc(C#CCO)cc1. The first-order valence-electron chi connectivity index (χ1n) is 6.38. The standard InChI is InChI=1S/C17H14ClNO2/c1-12-15(5-2-6-16(12)18)17(21)19-14-9-7-13(8-10-14)4-3-11-20/h2,5-10,20H,11H2,1H3,(H,19,21). The number of halogens is 1. The van der Waals surface area contributed by atoms with Gasteiger partial charge in [-0.05, 0) is 48.9 Å². The maximum Gasteiger partial charge on any atom is 0.255 e. The van der Waals surface area contributed by atoms with Gasteiger partial charge in [0.15, 0.2) is 0 Å². The maximum absolute atomic E-state index is 12.2. The van der Waals surface area contributed by atoms with Crippen LogP contribution in [0.4, 0.5) is 5.69 Å². The van der Waals surface area contributed by atoms with Crippen LogP contribution in [-0.2, 0) is 0 Å². The molecule has 2 rings (SSSR count). The predicted octanol–water partition coefficient (Wildman–Crippen LogP) is 3.24. The van der Waals surface area contributed by atoms with E-state index >= 15 is 0 Å². The number of aliphatic hydroxyl groups is 1. The topological polar surface area (TPSA) is 49.3 Å². The first kappa shape index (κ1) is 15.1. The van der Waals surface area contributed by atoms with Gasteiger partial charge >= 0.3 is 0 Å². The van der Waals surface area contributed by atoms with E-state index in [1.54, 1.807) is 42.5 Å². The smallest absolute Gasteiger partial charge is 0.255 e. The average Bonchev–Trinajstić information content (AvgIpc) is 2.49. The molecule has 0 aliphatic carbocycles. The zero-order valence-corrected chi connectivity index (χ0v) is 12.2. The minimum atomic E-state index is -0.204. The van der Waals surface area contributed by atoms with Gasteiger partial charge < -0.3 is 10.4 Å². The Bertz CT molecular complexity index is 712.